The number of hydrogen-bond donors (Lipinski definition) is 1. The molecule has 0 aliphatic carbocycles. The van der Waals surface area contributed by atoms with Crippen molar-refractivity contribution in [3.8, 4) is 5.88 Å². The van der Waals surface area contributed by atoms with E-state index >= 15 is 0 Å². The zero-order valence-electron chi connectivity index (χ0n) is 12.6. The SMILES string of the molecule is CCc1nnc(OCC2CCOCC2)c(C(=O)O)c1CC. The van der Waals surface area contributed by atoms with E-state index in [0.717, 1.165) is 37.3 Å². The number of aryl methyl sites for hydroxylation is 1. The molecule has 1 aromatic rings. The highest BCUT2D eigenvalue weighted by Crippen LogP contribution is 2.24. The van der Waals surface area contributed by atoms with E-state index in [9.17, 15) is 9.90 Å². The highest BCUT2D eigenvalue weighted by atomic mass is 16.5. The molecule has 1 saturated heterocycles. The van der Waals surface area contributed by atoms with Crippen molar-refractivity contribution >= 4 is 5.97 Å². The van der Waals surface area contributed by atoms with Crippen LogP contribution < -0.4 is 4.74 Å². The Morgan fingerprint density at radius 2 is 2.00 bits per heavy atom. The molecule has 1 aromatic heterocycles. The van der Waals surface area contributed by atoms with E-state index < -0.39 is 5.97 Å². The maximum Gasteiger partial charge on any atom is 0.341 e. The van der Waals surface area contributed by atoms with Gasteiger partial charge in [0.15, 0.2) is 0 Å². The largest absolute Gasteiger partial charge is 0.477 e. The first-order chi connectivity index (χ1) is 10.2. The number of carbonyl (C=O) groups is 1. The first-order valence-corrected chi connectivity index (χ1v) is 7.49. The summed E-state index contributed by atoms with van der Waals surface area (Å²) in [6.07, 6.45) is 3.14. The summed E-state index contributed by atoms with van der Waals surface area (Å²) in [5, 5.41) is 17.6. The second kappa shape index (κ2) is 7.36. The summed E-state index contributed by atoms with van der Waals surface area (Å²) in [5.41, 5.74) is 1.62. The van der Waals surface area contributed by atoms with Gasteiger partial charge in [-0.25, -0.2) is 4.79 Å². The topological polar surface area (TPSA) is 81.5 Å². The van der Waals surface area contributed by atoms with Crippen LogP contribution >= 0.6 is 0 Å². The fourth-order valence-corrected chi connectivity index (χ4v) is 2.59. The van der Waals surface area contributed by atoms with Crippen LogP contribution in [-0.4, -0.2) is 41.1 Å². The standard InChI is InChI=1S/C15H22N2O4/c1-3-11-12(4-2)16-17-14(13(11)15(18)19)21-9-10-5-7-20-8-6-10/h10H,3-9H2,1-2H3,(H,18,19). The van der Waals surface area contributed by atoms with Crippen LogP contribution in [0.15, 0.2) is 0 Å². The number of aromatic nitrogens is 2. The number of nitrogens with zero attached hydrogens (tertiary/aromatic N) is 2. The van der Waals surface area contributed by atoms with Gasteiger partial charge in [-0.2, -0.15) is 5.10 Å². The van der Waals surface area contributed by atoms with Crippen molar-refractivity contribution in [3.63, 3.8) is 0 Å². The molecule has 116 valence electrons. The van der Waals surface area contributed by atoms with Crippen LogP contribution in [0.25, 0.3) is 0 Å². The molecule has 0 amide bonds. The second-order valence-electron chi connectivity index (χ2n) is 5.18. The summed E-state index contributed by atoms with van der Waals surface area (Å²) in [6.45, 7) is 5.80. The molecule has 6 heteroatoms. The van der Waals surface area contributed by atoms with Gasteiger partial charge in [-0.05, 0) is 37.2 Å². The van der Waals surface area contributed by atoms with Gasteiger partial charge >= 0.3 is 5.97 Å². The molecule has 0 unspecified atom stereocenters. The van der Waals surface area contributed by atoms with E-state index in [1.807, 2.05) is 13.8 Å². The summed E-state index contributed by atoms with van der Waals surface area (Å²) in [6, 6.07) is 0. The Kier molecular flexibility index (Phi) is 5.50. The van der Waals surface area contributed by atoms with E-state index in [1.165, 1.54) is 0 Å². The normalized spacial score (nSPS) is 15.9. The number of aromatic carboxylic acids is 1. The molecule has 0 atom stereocenters. The van der Waals surface area contributed by atoms with Crippen molar-refractivity contribution in [2.45, 2.75) is 39.5 Å². The Morgan fingerprint density at radius 3 is 2.57 bits per heavy atom. The summed E-state index contributed by atoms with van der Waals surface area (Å²) >= 11 is 0. The molecule has 2 rings (SSSR count). The number of carboxylic acids is 1. The third-order valence-electron chi connectivity index (χ3n) is 3.82. The van der Waals surface area contributed by atoms with E-state index in [4.69, 9.17) is 9.47 Å². The smallest absolute Gasteiger partial charge is 0.341 e. The molecule has 2 heterocycles. The van der Waals surface area contributed by atoms with Crippen LogP contribution in [0.2, 0.25) is 0 Å². The third-order valence-corrected chi connectivity index (χ3v) is 3.82. The first-order valence-electron chi connectivity index (χ1n) is 7.49. The Morgan fingerprint density at radius 1 is 1.29 bits per heavy atom. The molecule has 0 radical (unpaired) electrons. The summed E-state index contributed by atoms with van der Waals surface area (Å²) < 4.78 is 11.0. The minimum absolute atomic E-state index is 0.142. The lowest BCUT2D eigenvalue weighted by atomic mass is 10.0. The van der Waals surface area contributed by atoms with Gasteiger partial charge in [-0.3, -0.25) is 0 Å². The average Bonchev–Trinajstić information content (AvgIpc) is 2.52. The second-order valence-corrected chi connectivity index (χ2v) is 5.18. The van der Waals surface area contributed by atoms with Crippen LogP contribution in [0, 0.1) is 5.92 Å². The van der Waals surface area contributed by atoms with Gasteiger partial charge in [-0.1, -0.05) is 13.8 Å². The zero-order valence-corrected chi connectivity index (χ0v) is 12.6. The maximum absolute atomic E-state index is 11.6. The lowest BCUT2D eigenvalue weighted by molar-refractivity contribution is 0.0480. The average molecular weight is 294 g/mol. The molecule has 1 fully saturated rings. The predicted molar refractivity (Wildman–Crippen MR) is 76.8 cm³/mol. The van der Waals surface area contributed by atoms with Crippen LogP contribution in [0.3, 0.4) is 0 Å². The van der Waals surface area contributed by atoms with Gasteiger partial charge in [0.2, 0.25) is 5.88 Å². The van der Waals surface area contributed by atoms with Gasteiger partial charge in [0.05, 0.1) is 12.3 Å². The zero-order chi connectivity index (χ0) is 15.2. The molecule has 1 aliphatic rings. The number of ether oxygens (including phenoxy) is 2. The van der Waals surface area contributed by atoms with Gasteiger partial charge in [0.1, 0.15) is 5.56 Å². The maximum atomic E-state index is 11.6. The lowest BCUT2D eigenvalue weighted by Crippen LogP contribution is -2.23. The molecule has 0 spiro atoms. The molecular formula is C15H22N2O4. The first kappa shape index (κ1) is 15.7. The molecule has 1 N–H and O–H groups in total. The van der Waals surface area contributed by atoms with Crippen molar-refractivity contribution in [1.82, 2.24) is 10.2 Å². The van der Waals surface area contributed by atoms with Crippen molar-refractivity contribution in [2.24, 2.45) is 5.92 Å². The molecule has 1 aliphatic heterocycles. The fraction of sp³-hybridized carbons (Fsp3) is 0.667. The van der Waals surface area contributed by atoms with E-state index in [2.05, 4.69) is 10.2 Å². The van der Waals surface area contributed by atoms with Crippen molar-refractivity contribution in [3.05, 3.63) is 16.8 Å². The number of hydrogen-bond acceptors (Lipinski definition) is 5. The Labute approximate surface area is 124 Å². The minimum Gasteiger partial charge on any atom is -0.477 e. The van der Waals surface area contributed by atoms with Gasteiger partial charge < -0.3 is 14.6 Å². The molecular weight excluding hydrogens is 272 g/mol. The number of rotatable bonds is 6. The minimum atomic E-state index is -1.00. The Hall–Kier alpha value is -1.69. The van der Waals surface area contributed by atoms with Crippen molar-refractivity contribution in [1.29, 1.82) is 0 Å². The molecule has 6 nitrogen and oxygen atoms in total. The van der Waals surface area contributed by atoms with Gasteiger partial charge in [0, 0.05) is 13.2 Å². The summed E-state index contributed by atoms with van der Waals surface area (Å²) in [7, 11) is 0. The fourth-order valence-electron chi connectivity index (χ4n) is 2.59. The molecule has 0 aromatic carbocycles. The Balaban J connectivity index is 2.19. The summed E-state index contributed by atoms with van der Waals surface area (Å²) in [4.78, 5) is 11.6. The highest BCUT2D eigenvalue weighted by molar-refractivity contribution is 5.92. The molecule has 21 heavy (non-hydrogen) atoms. The lowest BCUT2D eigenvalue weighted by Gasteiger charge is -2.22. The summed E-state index contributed by atoms with van der Waals surface area (Å²) in [5.74, 6) is -0.473. The van der Waals surface area contributed by atoms with Crippen LogP contribution in [0.5, 0.6) is 5.88 Å². The highest BCUT2D eigenvalue weighted by Gasteiger charge is 2.23. The quantitative estimate of drug-likeness (QED) is 0.865. The predicted octanol–water partition coefficient (Wildman–Crippen LogP) is 2.10. The Bertz CT molecular complexity index is 499. The number of carboxylic acid groups (broad SMARTS) is 1. The van der Waals surface area contributed by atoms with Crippen molar-refractivity contribution in [2.75, 3.05) is 19.8 Å². The van der Waals surface area contributed by atoms with Gasteiger partial charge in [0.25, 0.3) is 0 Å². The third kappa shape index (κ3) is 3.69. The monoisotopic (exact) mass is 294 g/mol. The van der Waals surface area contributed by atoms with Crippen LogP contribution in [0.4, 0.5) is 0 Å². The molecule has 0 saturated carbocycles. The van der Waals surface area contributed by atoms with E-state index in [0.29, 0.717) is 25.4 Å². The van der Waals surface area contributed by atoms with E-state index in [1.54, 1.807) is 0 Å². The van der Waals surface area contributed by atoms with Crippen LogP contribution in [-0.2, 0) is 17.6 Å². The van der Waals surface area contributed by atoms with E-state index in [-0.39, 0.29) is 11.4 Å². The molecule has 0 bridgehead atoms. The van der Waals surface area contributed by atoms with Gasteiger partial charge in [-0.15, -0.1) is 5.10 Å². The van der Waals surface area contributed by atoms with Crippen molar-refractivity contribution < 1.29 is 19.4 Å². The van der Waals surface area contributed by atoms with Crippen LogP contribution in [0.1, 0.15) is 48.3 Å².